The average molecular weight is 348 g/mol. The molecule has 1 fully saturated rings. The van der Waals surface area contributed by atoms with Crippen molar-refractivity contribution < 1.29 is 19.4 Å². The smallest absolute Gasteiger partial charge is 0.237 e. The van der Waals surface area contributed by atoms with Crippen molar-refractivity contribution in [3.05, 3.63) is 35.4 Å². The number of nitrogens with zero attached hydrogens (tertiary/aromatic N) is 1. The number of rotatable bonds is 7. The Hall–Kier alpha value is -1.47. The molecular formula is C19H28N2O4. The monoisotopic (exact) mass is 348 g/mol. The van der Waals surface area contributed by atoms with Gasteiger partial charge < -0.3 is 19.9 Å². The van der Waals surface area contributed by atoms with E-state index in [1.54, 1.807) is 7.05 Å². The van der Waals surface area contributed by atoms with Crippen molar-refractivity contribution in [2.75, 3.05) is 33.4 Å². The molecule has 0 saturated carbocycles. The normalized spacial score (nSPS) is 24.7. The Labute approximate surface area is 149 Å². The first-order valence-electron chi connectivity index (χ1n) is 9.07. The molecule has 2 aliphatic rings. The highest BCUT2D eigenvalue weighted by molar-refractivity contribution is 5.82. The van der Waals surface area contributed by atoms with Crippen molar-refractivity contribution in [3.63, 3.8) is 0 Å². The van der Waals surface area contributed by atoms with Crippen molar-refractivity contribution in [3.8, 4) is 0 Å². The summed E-state index contributed by atoms with van der Waals surface area (Å²) >= 11 is 0. The van der Waals surface area contributed by atoms with Crippen LogP contribution < -0.4 is 5.32 Å². The first kappa shape index (κ1) is 18.3. The van der Waals surface area contributed by atoms with Crippen molar-refractivity contribution in [1.29, 1.82) is 0 Å². The van der Waals surface area contributed by atoms with Gasteiger partial charge in [0.25, 0.3) is 0 Å². The van der Waals surface area contributed by atoms with Gasteiger partial charge in [-0.15, -0.1) is 0 Å². The minimum atomic E-state index is -0.626. The molecule has 3 atom stereocenters. The molecule has 3 rings (SSSR count). The van der Waals surface area contributed by atoms with Gasteiger partial charge in [-0.25, -0.2) is 0 Å². The lowest BCUT2D eigenvalue weighted by Gasteiger charge is -2.36. The number of carbonyl (C=O) groups excluding carboxylic acids is 1. The number of hydrogen-bond acceptors (Lipinski definition) is 5. The minimum Gasteiger partial charge on any atom is -0.389 e. The second-order valence-corrected chi connectivity index (χ2v) is 6.86. The van der Waals surface area contributed by atoms with E-state index in [4.69, 9.17) is 9.47 Å². The SMILES string of the molecule is CNC(=O)[C@@H]1Cc2ccccc2CN1C[C@@H](O)COC[C@H]1CCCO1. The van der Waals surface area contributed by atoms with E-state index in [9.17, 15) is 9.90 Å². The molecular weight excluding hydrogens is 320 g/mol. The number of carbonyl (C=O) groups is 1. The topological polar surface area (TPSA) is 71.0 Å². The van der Waals surface area contributed by atoms with Crippen LogP contribution in [0.15, 0.2) is 24.3 Å². The van der Waals surface area contributed by atoms with Crippen LogP contribution in [0.2, 0.25) is 0 Å². The third kappa shape index (κ3) is 4.79. The number of aliphatic hydroxyl groups is 1. The van der Waals surface area contributed by atoms with Crippen molar-refractivity contribution in [1.82, 2.24) is 10.2 Å². The van der Waals surface area contributed by atoms with Gasteiger partial charge in [0.15, 0.2) is 0 Å². The number of ether oxygens (including phenoxy) is 2. The number of benzene rings is 1. The van der Waals surface area contributed by atoms with E-state index >= 15 is 0 Å². The van der Waals surface area contributed by atoms with Gasteiger partial charge in [-0.2, -0.15) is 0 Å². The first-order chi connectivity index (χ1) is 12.2. The summed E-state index contributed by atoms with van der Waals surface area (Å²) in [5, 5.41) is 13.1. The summed E-state index contributed by atoms with van der Waals surface area (Å²) in [6.45, 7) is 2.67. The number of likely N-dealkylation sites (N-methyl/N-ethyl adjacent to an activating group) is 1. The molecule has 2 heterocycles. The third-order valence-corrected chi connectivity index (χ3v) is 4.98. The zero-order chi connectivity index (χ0) is 17.6. The second-order valence-electron chi connectivity index (χ2n) is 6.86. The third-order valence-electron chi connectivity index (χ3n) is 4.98. The standard InChI is InChI=1S/C19H28N2O4/c1-20-19(23)18-9-14-5-2-3-6-15(14)10-21(18)11-16(22)12-24-13-17-7-4-8-25-17/h2-3,5-6,16-18,22H,4,7-13H2,1H3,(H,20,23)/t16-,17-,18+/m1/s1. The fourth-order valence-corrected chi connectivity index (χ4v) is 3.63. The molecule has 0 aliphatic carbocycles. The van der Waals surface area contributed by atoms with E-state index in [0.717, 1.165) is 19.4 Å². The van der Waals surface area contributed by atoms with Crippen LogP contribution in [0.25, 0.3) is 0 Å². The quantitative estimate of drug-likeness (QED) is 0.760. The molecule has 6 heteroatoms. The molecule has 0 unspecified atom stereocenters. The van der Waals surface area contributed by atoms with Crippen LogP contribution >= 0.6 is 0 Å². The highest BCUT2D eigenvalue weighted by Gasteiger charge is 2.32. The maximum absolute atomic E-state index is 12.3. The molecule has 2 aliphatic heterocycles. The van der Waals surface area contributed by atoms with E-state index in [2.05, 4.69) is 17.4 Å². The van der Waals surface area contributed by atoms with Gasteiger partial charge in [0, 0.05) is 26.7 Å². The Balaban J connectivity index is 1.55. The Bertz CT molecular complexity index is 574. The van der Waals surface area contributed by atoms with Crippen molar-refractivity contribution in [2.45, 2.75) is 44.1 Å². The van der Waals surface area contributed by atoms with E-state index in [1.165, 1.54) is 11.1 Å². The number of β-amino-alcohol motifs (C(OH)–C–C–N with tert-alkyl or cyclic N) is 1. The van der Waals surface area contributed by atoms with Gasteiger partial charge in [-0.05, 0) is 30.4 Å². The van der Waals surface area contributed by atoms with Crippen LogP contribution in [0.4, 0.5) is 0 Å². The summed E-state index contributed by atoms with van der Waals surface area (Å²) in [5.41, 5.74) is 2.42. The number of aliphatic hydroxyl groups excluding tert-OH is 1. The van der Waals surface area contributed by atoms with Crippen molar-refractivity contribution in [2.24, 2.45) is 0 Å². The molecule has 0 aromatic heterocycles. The van der Waals surface area contributed by atoms with Crippen LogP contribution in [0.5, 0.6) is 0 Å². The molecule has 1 amide bonds. The molecule has 0 radical (unpaired) electrons. The summed E-state index contributed by atoms with van der Waals surface area (Å²) in [4.78, 5) is 14.3. The Morgan fingerprint density at radius 1 is 1.44 bits per heavy atom. The van der Waals surface area contributed by atoms with Gasteiger partial charge in [-0.1, -0.05) is 24.3 Å². The van der Waals surface area contributed by atoms with Gasteiger partial charge in [0.2, 0.25) is 5.91 Å². The van der Waals surface area contributed by atoms with Crippen LogP contribution in [0, 0.1) is 0 Å². The van der Waals surface area contributed by atoms with Gasteiger partial charge in [-0.3, -0.25) is 9.69 Å². The van der Waals surface area contributed by atoms with Gasteiger partial charge in [0.05, 0.1) is 31.5 Å². The van der Waals surface area contributed by atoms with Gasteiger partial charge >= 0.3 is 0 Å². The Kier molecular flexibility index (Phi) is 6.42. The summed E-state index contributed by atoms with van der Waals surface area (Å²) in [6, 6.07) is 7.92. The maximum atomic E-state index is 12.3. The van der Waals surface area contributed by atoms with E-state index in [-0.39, 0.29) is 24.7 Å². The van der Waals surface area contributed by atoms with Gasteiger partial charge in [0.1, 0.15) is 0 Å². The summed E-state index contributed by atoms with van der Waals surface area (Å²) in [5.74, 6) is -0.0121. The molecule has 0 spiro atoms. The number of hydrogen-bond donors (Lipinski definition) is 2. The molecule has 0 bridgehead atoms. The van der Waals surface area contributed by atoms with Crippen LogP contribution in [0.3, 0.4) is 0 Å². The lowest BCUT2D eigenvalue weighted by molar-refractivity contribution is -0.127. The number of nitrogens with one attached hydrogen (secondary N) is 1. The maximum Gasteiger partial charge on any atom is 0.237 e. The largest absolute Gasteiger partial charge is 0.389 e. The predicted molar refractivity (Wildman–Crippen MR) is 94.2 cm³/mol. The Morgan fingerprint density at radius 2 is 2.24 bits per heavy atom. The van der Waals surface area contributed by atoms with Crippen LogP contribution in [-0.2, 0) is 27.2 Å². The first-order valence-corrected chi connectivity index (χ1v) is 9.07. The summed E-state index contributed by atoms with van der Waals surface area (Å²) in [7, 11) is 1.65. The van der Waals surface area contributed by atoms with Crippen molar-refractivity contribution >= 4 is 5.91 Å². The number of amides is 1. The Morgan fingerprint density at radius 3 is 2.96 bits per heavy atom. The molecule has 6 nitrogen and oxygen atoms in total. The lowest BCUT2D eigenvalue weighted by Crippen LogP contribution is -2.52. The summed E-state index contributed by atoms with van der Waals surface area (Å²) < 4.78 is 11.1. The molecule has 25 heavy (non-hydrogen) atoms. The predicted octanol–water partition coefficient (Wildman–Crippen LogP) is 0.716. The van der Waals surface area contributed by atoms with E-state index in [1.807, 2.05) is 17.0 Å². The second kappa shape index (κ2) is 8.76. The fraction of sp³-hybridized carbons (Fsp3) is 0.632. The molecule has 1 saturated heterocycles. The van der Waals surface area contributed by atoms with Crippen LogP contribution in [-0.4, -0.2) is 67.6 Å². The number of fused-ring (bicyclic) bond motifs is 1. The zero-order valence-corrected chi connectivity index (χ0v) is 14.8. The zero-order valence-electron chi connectivity index (χ0n) is 14.8. The fourth-order valence-electron chi connectivity index (χ4n) is 3.63. The average Bonchev–Trinajstić information content (AvgIpc) is 3.14. The highest BCUT2D eigenvalue weighted by atomic mass is 16.5. The highest BCUT2D eigenvalue weighted by Crippen LogP contribution is 2.23. The lowest BCUT2D eigenvalue weighted by atomic mass is 9.93. The summed E-state index contributed by atoms with van der Waals surface area (Å²) in [6.07, 6.45) is 2.31. The molecule has 2 N–H and O–H groups in total. The van der Waals surface area contributed by atoms with Crippen LogP contribution in [0.1, 0.15) is 24.0 Å². The minimum absolute atomic E-state index is 0.0121. The molecule has 1 aromatic rings. The van der Waals surface area contributed by atoms with E-state index in [0.29, 0.717) is 26.1 Å². The van der Waals surface area contributed by atoms with E-state index < -0.39 is 6.10 Å². The molecule has 1 aromatic carbocycles. The molecule has 138 valence electrons.